The van der Waals surface area contributed by atoms with Crippen molar-refractivity contribution in [3.63, 3.8) is 0 Å². The molecule has 0 saturated heterocycles. The number of furan rings is 1. The van der Waals surface area contributed by atoms with Gasteiger partial charge in [0, 0.05) is 10.5 Å². The minimum Gasteiger partial charge on any atom is -0.484 e. The van der Waals surface area contributed by atoms with E-state index in [1.807, 2.05) is 6.07 Å². The number of nitrogens with one attached hydrogen (secondary N) is 1. The van der Waals surface area contributed by atoms with Crippen LogP contribution in [0.5, 0.6) is 5.75 Å². The van der Waals surface area contributed by atoms with Crippen LogP contribution in [0.4, 0.5) is 5.69 Å². The lowest BCUT2D eigenvalue weighted by molar-refractivity contribution is -0.384. The summed E-state index contributed by atoms with van der Waals surface area (Å²) in [6.45, 7) is -0.185. The Labute approximate surface area is 168 Å². The van der Waals surface area contributed by atoms with Crippen LogP contribution in [0.15, 0.2) is 74.7 Å². The predicted octanol–water partition coefficient (Wildman–Crippen LogP) is 4.15. The number of nitro benzene ring substituents is 1. The van der Waals surface area contributed by atoms with Gasteiger partial charge < -0.3 is 9.15 Å². The Kier molecular flexibility index (Phi) is 6.18. The van der Waals surface area contributed by atoms with E-state index in [1.54, 1.807) is 48.5 Å². The van der Waals surface area contributed by atoms with Gasteiger partial charge in [-0.3, -0.25) is 14.9 Å². The molecule has 8 nitrogen and oxygen atoms in total. The summed E-state index contributed by atoms with van der Waals surface area (Å²) in [5, 5.41) is 15.0. The third kappa shape index (κ3) is 5.04. The standard InChI is InChI=1S/C19H14BrN3O5/c20-13-6-8-16(17(10-13)23(25)26)18-9-7-15(28-18)11-21-22-19(24)12-27-14-4-2-1-3-5-14/h1-11H,12H2,(H,22,24)/b21-11-. The highest BCUT2D eigenvalue weighted by Crippen LogP contribution is 2.33. The molecule has 0 saturated carbocycles. The van der Waals surface area contributed by atoms with E-state index < -0.39 is 10.8 Å². The summed E-state index contributed by atoms with van der Waals surface area (Å²) in [4.78, 5) is 22.5. The molecule has 0 atom stereocenters. The smallest absolute Gasteiger partial charge is 0.281 e. The van der Waals surface area contributed by atoms with Crippen molar-refractivity contribution in [2.24, 2.45) is 5.10 Å². The third-order valence-electron chi connectivity index (χ3n) is 3.54. The average Bonchev–Trinajstić information content (AvgIpc) is 3.16. The van der Waals surface area contributed by atoms with Crippen molar-refractivity contribution < 1.29 is 18.9 Å². The van der Waals surface area contributed by atoms with Gasteiger partial charge in [0.15, 0.2) is 6.61 Å². The van der Waals surface area contributed by atoms with Gasteiger partial charge in [-0.25, -0.2) is 5.43 Å². The second kappa shape index (κ2) is 8.96. The highest BCUT2D eigenvalue weighted by Gasteiger charge is 2.18. The second-order valence-electron chi connectivity index (χ2n) is 5.52. The lowest BCUT2D eigenvalue weighted by Gasteiger charge is -2.03. The molecule has 0 bridgehead atoms. The number of carbonyl (C=O) groups excluding carboxylic acids is 1. The van der Waals surface area contributed by atoms with Gasteiger partial charge in [0.1, 0.15) is 17.3 Å². The SMILES string of the molecule is O=C(COc1ccccc1)N/N=C\c1ccc(-c2ccc(Br)cc2[N+](=O)[O-])o1. The fourth-order valence-corrected chi connectivity index (χ4v) is 2.65. The molecule has 1 amide bonds. The molecule has 28 heavy (non-hydrogen) atoms. The quantitative estimate of drug-likeness (QED) is 0.335. The number of rotatable bonds is 7. The van der Waals surface area contributed by atoms with Crippen molar-refractivity contribution >= 4 is 33.7 Å². The molecule has 0 aliphatic heterocycles. The molecule has 0 unspecified atom stereocenters. The maximum atomic E-state index is 11.7. The summed E-state index contributed by atoms with van der Waals surface area (Å²) < 4.78 is 11.5. The van der Waals surface area contributed by atoms with E-state index in [2.05, 4.69) is 26.5 Å². The van der Waals surface area contributed by atoms with Crippen LogP contribution >= 0.6 is 15.9 Å². The monoisotopic (exact) mass is 443 g/mol. The van der Waals surface area contributed by atoms with Crippen LogP contribution in [0.1, 0.15) is 5.76 Å². The number of carbonyl (C=O) groups is 1. The maximum Gasteiger partial charge on any atom is 0.281 e. The van der Waals surface area contributed by atoms with E-state index in [0.717, 1.165) is 0 Å². The van der Waals surface area contributed by atoms with Gasteiger partial charge in [-0.1, -0.05) is 34.1 Å². The molecule has 0 aliphatic carbocycles. The zero-order valence-corrected chi connectivity index (χ0v) is 16.0. The maximum absolute atomic E-state index is 11.7. The van der Waals surface area contributed by atoms with Crippen molar-refractivity contribution in [3.05, 3.63) is 81.0 Å². The summed E-state index contributed by atoms with van der Waals surface area (Å²) in [6.07, 6.45) is 1.30. The first kappa shape index (κ1) is 19.3. The number of halogens is 1. The molecule has 1 heterocycles. The van der Waals surface area contributed by atoms with Gasteiger partial charge in [-0.2, -0.15) is 5.10 Å². The molecule has 2 aromatic carbocycles. The largest absolute Gasteiger partial charge is 0.484 e. The Morgan fingerprint density at radius 3 is 2.75 bits per heavy atom. The number of para-hydroxylation sites is 1. The van der Waals surface area contributed by atoms with Crippen LogP contribution in [-0.4, -0.2) is 23.7 Å². The number of amides is 1. The Hall–Kier alpha value is -3.46. The number of benzene rings is 2. The lowest BCUT2D eigenvalue weighted by atomic mass is 10.1. The fourth-order valence-electron chi connectivity index (χ4n) is 2.30. The first-order valence-electron chi connectivity index (χ1n) is 8.07. The highest BCUT2D eigenvalue weighted by molar-refractivity contribution is 9.10. The number of hydrogen-bond acceptors (Lipinski definition) is 6. The molecule has 1 aromatic heterocycles. The van der Waals surface area contributed by atoms with E-state index >= 15 is 0 Å². The zero-order valence-electron chi connectivity index (χ0n) is 14.4. The molecule has 142 valence electrons. The van der Waals surface area contributed by atoms with E-state index in [-0.39, 0.29) is 12.3 Å². The molecule has 3 rings (SSSR count). The van der Waals surface area contributed by atoms with Gasteiger partial charge >= 0.3 is 0 Å². The number of nitro groups is 1. The molecular weight excluding hydrogens is 430 g/mol. The Morgan fingerprint density at radius 2 is 2.00 bits per heavy atom. The van der Waals surface area contributed by atoms with Gasteiger partial charge in [-0.15, -0.1) is 0 Å². The molecular formula is C19H14BrN3O5. The van der Waals surface area contributed by atoms with E-state index in [4.69, 9.17) is 9.15 Å². The van der Waals surface area contributed by atoms with E-state index in [9.17, 15) is 14.9 Å². The van der Waals surface area contributed by atoms with Crippen molar-refractivity contribution in [3.8, 4) is 17.1 Å². The Bertz CT molecular complexity index is 1020. The number of hydrogen-bond donors (Lipinski definition) is 1. The summed E-state index contributed by atoms with van der Waals surface area (Å²) in [6, 6.07) is 16.8. The molecule has 0 radical (unpaired) electrons. The Morgan fingerprint density at radius 1 is 1.21 bits per heavy atom. The lowest BCUT2D eigenvalue weighted by Crippen LogP contribution is -2.24. The number of ether oxygens (including phenoxy) is 1. The predicted molar refractivity (Wildman–Crippen MR) is 106 cm³/mol. The minimum absolute atomic E-state index is 0.0847. The van der Waals surface area contributed by atoms with E-state index in [0.29, 0.717) is 27.3 Å². The Balaban J connectivity index is 1.60. The van der Waals surface area contributed by atoms with Gasteiger partial charge in [0.25, 0.3) is 11.6 Å². The molecule has 0 spiro atoms. The number of nitrogens with zero attached hydrogens (tertiary/aromatic N) is 2. The number of hydrazone groups is 1. The summed E-state index contributed by atoms with van der Waals surface area (Å²) in [7, 11) is 0. The van der Waals surface area contributed by atoms with E-state index in [1.165, 1.54) is 12.3 Å². The first-order valence-corrected chi connectivity index (χ1v) is 8.86. The topological polar surface area (TPSA) is 107 Å². The normalized spacial score (nSPS) is 10.8. The molecule has 0 aliphatic rings. The fraction of sp³-hybridized carbons (Fsp3) is 0.0526. The van der Waals surface area contributed by atoms with Crippen molar-refractivity contribution in [1.82, 2.24) is 5.43 Å². The minimum atomic E-state index is -0.483. The van der Waals surface area contributed by atoms with Crippen molar-refractivity contribution in [1.29, 1.82) is 0 Å². The van der Waals surface area contributed by atoms with Crippen molar-refractivity contribution in [2.75, 3.05) is 6.61 Å². The molecule has 3 aromatic rings. The second-order valence-corrected chi connectivity index (χ2v) is 6.43. The van der Waals surface area contributed by atoms with Gasteiger partial charge in [-0.05, 0) is 36.4 Å². The van der Waals surface area contributed by atoms with Gasteiger partial charge in [0.2, 0.25) is 0 Å². The summed E-state index contributed by atoms with van der Waals surface area (Å²) >= 11 is 3.21. The van der Waals surface area contributed by atoms with Crippen LogP contribution in [0.3, 0.4) is 0 Å². The summed E-state index contributed by atoms with van der Waals surface area (Å²) in [5.74, 6) is 0.791. The zero-order chi connectivity index (χ0) is 19.9. The van der Waals surface area contributed by atoms with Gasteiger partial charge in [0.05, 0.1) is 16.7 Å². The molecule has 9 heteroatoms. The van der Waals surface area contributed by atoms with Crippen molar-refractivity contribution in [2.45, 2.75) is 0 Å². The van der Waals surface area contributed by atoms with Crippen LogP contribution in [0, 0.1) is 10.1 Å². The highest BCUT2D eigenvalue weighted by atomic mass is 79.9. The third-order valence-corrected chi connectivity index (χ3v) is 4.04. The molecule has 0 fully saturated rings. The van der Waals surface area contributed by atoms with Crippen LogP contribution < -0.4 is 10.2 Å². The van der Waals surface area contributed by atoms with Crippen LogP contribution in [0.25, 0.3) is 11.3 Å². The summed E-state index contributed by atoms with van der Waals surface area (Å²) in [5.41, 5.74) is 2.57. The first-order chi connectivity index (χ1) is 13.5. The van der Waals surface area contributed by atoms with Crippen LogP contribution in [-0.2, 0) is 4.79 Å². The molecule has 1 N–H and O–H groups in total. The average molecular weight is 444 g/mol. The van der Waals surface area contributed by atoms with Crippen LogP contribution in [0.2, 0.25) is 0 Å².